The second kappa shape index (κ2) is 14.3. The van der Waals surface area contributed by atoms with Gasteiger partial charge in [0.05, 0.1) is 5.41 Å². The molecule has 0 amide bonds. The van der Waals surface area contributed by atoms with Gasteiger partial charge < -0.3 is 13.7 Å². The average Bonchev–Trinajstić information content (AvgIpc) is 4.01. The van der Waals surface area contributed by atoms with Crippen LogP contribution in [-0.2, 0) is 5.41 Å². The zero-order valence-corrected chi connectivity index (χ0v) is 34.8. The number of furan rings is 2. The van der Waals surface area contributed by atoms with E-state index in [9.17, 15) is 0 Å². The Hall–Kier alpha value is -8.40. The van der Waals surface area contributed by atoms with Gasteiger partial charge in [-0.2, -0.15) is 0 Å². The molecule has 0 spiro atoms. The third-order valence-corrected chi connectivity index (χ3v) is 13.3. The Kier molecular flexibility index (Phi) is 8.13. The summed E-state index contributed by atoms with van der Waals surface area (Å²) in [4.78, 5) is 2.37. The van der Waals surface area contributed by atoms with Crippen molar-refractivity contribution in [3.05, 3.63) is 259 Å². The van der Waals surface area contributed by atoms with Crippen LogP contribution >= 0.6 is 0 Å². The van der Waals surface area contributed by atoms with E-state index in [1.165, 1.54) is 50.1 Å². The molecule has 10 aromatic carbocycles. The molecule has 0 atom stereocenters. The van der Waals surface area contributed by atoms with Crippen LogP contribution in [0.4, 0.5) is 17.1 Å². The Balaban J connectivity index is 0.990. The van der Waals surface area contributed by atoms with Crippen LogP contribution in [0.3, 0.4) is 0 Å². The van der Waals surface area contributed by atoms with Crippen molar-refractivity contribution in [2.75, 3.05) is 4.90 Å². The molecule has 1 aliphatic carbocycles. The molecule has 0 aliphatic heterocycles. The van der Waals surface area contributed by atoms with E-state index in [2.05, 4.69) is 235 Å². The third-order valence-electron chi connectivity index (χ3n) is 13.3. The summed E-state index contributed by atoms with van der Waals surface area (Å²) in [6.07, 6.45) is 0. The van der Waals surface area contributed by atoms with Crippen molar-refractivity contribution in [3.8, 4) is 33.4 Å². The van der Waals surface area contributed by atoms with Gasteiger partial charge in [0.15, 0.2) is 0 Å². The fourth-order valence-electron chi connectivity index (χ4n) is 10.4. The lowest BCUT2D eigenvalue weighted by Crippen LogP contribution is -2.28. The number of hydrogen-bond donors (Lipinski definition) is 0. The summed E-state index contributed by atoms with van der Waals surface area (Å²) in [5.74, 6) is 0. The van der Waals surface area contributed by atoms with Crippen molar-refractivity contribution < 1.29 is 8.83 Å². The quantitative estimate of drug-likeness (QED) is 0.160. The van der Waals surface area contributed by atoms with Crippen LogP contribution in [-0.4, -0.2) is 0 Å². The third kappa shape index (κ3) is 5.54. The Morgan fingerprint density at radius 2 is 0.719 bits per heavy atom. The lowest BCUT2D eigenvalue weighted by molar-refractivity contribution is 0.664. The highest BCUT2D eigenvalue weighted by molar-refractivity contribution is 6.15. The zero-order valence-electron chi connectivity index (χ0n) is 34.8. The van der Waals surface area contributed by atoms with Crippen LogP contribution in [0, 0.1) is 0 Å². The molecule has 0 fully saturated rings. The van der Waals surface area contributed by atoms with Crippen molar-refractivity contribution in [1.29, 1.82) is 0 Å². The molecule has 2 heterocycles. The molecule has 0 saturated carbocycles. The number of fused-ring (bicyclic) bond motifs is 9. The van der Waals surface area contributed by atoms with Crippen LogP contribution < -0.4 is 4.90 Å². The zero-order chi connectivity index (χ0) is 42.2. The van der Waals surface area contributed by atoms with Crippen molar-refractivity contribution in [3.63, 3.8) is 0 Å². The van der Waals surface area contributed by atoms with E-state index in [1.807, 2.05) is 6.07 Å². The van der Waals surface area contributed by atoms with E-state index >= 15 is 0 Å². The molecular weight excluding hydrogens is 779 g/mol. The first-order valence-corrected chi connectivity index (χ1v) is 21.9. The number of nitrogens with zero attached hydrogens (tertiary/aromatic N) is 1. The molecule has 0 saturated heterocycles. The van der Waals surface area contributed by atoms with Crippen molar-refractivity contribution in [2.24, 2.45) is 0 Å². The lowest BCUT2D eigenvalue weighted by Gasteiger charge is -2.35. The molecule has 300 valence electrons. The van der Waals surface area contributed by atoms with Gasteiger partial charge in [-0.15, -0.1) is 0 Å². The number of benzene rings is 10. The largest absolute Gasteiger partial charge is 0.456 e. The van der Waals surface area contributed by atoms with Gasteiger partial charge in [-0.05, 0) is 116 Å². The minimum Gasteiger partial charge on any atom is -0.456 e. The maximum atomic E-state index is 6.81. The molecule has 3 heteroatoms. The topological polar surface area (TPSA) is 29.5 Å². The Morgan fingerprint density at radius 1 is 0.281 bits per heavy atom. The van der Waals surface area contributed by atoms with Crippen LogP contribution in [0.2, 0.25) is 0 Å². The van der Waals surface area contributed by atoms with Crippen LogP contribution in [0.15, 0.2) is 245 Å². The standard InChI is InChI=1S/C61H39NO2/c1-5-15-40(16-6-1)42-25-28-46(29-26-42)62(47-30-33-50-49-23-13-14-24-55(49)61(56(50)36-47,44-19-9-3-10-20-44)45-21-11-4-12-22-45)48-31-34-52-54-39-59-53(38-60(54)64-58(52)37-48)51-32-27-43(35-57(51)63-59)41-17-7-2-8-18-41/h1-39H. The van der Waals surface area contributed by atoms with Gasteiger partial charge in [0.2, 0.25) is 0 Å². The molecule has 0 N–H and O–H groups in total. The SMILES string of the molecule is c1ccc(-c2ccc(N(c3ccc4c(c3)C(c3ccccc3)(c3ccccc3)c3ccccc3-4)c3ccc4c(c3)oc3cc5c(cc34)oc3cc(-c4ccccc4)ccc35)cc2)cc1. The minimum absolute atomic E-state index is 0.528. The number of rotatable bonds is 7. The summed E-state index contributed by atoms with van der Waals surface area (Å²) in [6.45, 7) is 0. The summed E-state index contributed by atoms with van der Waals surface area (Å²) >= 11 is 0. The first kappa shape index (κ1) is 36.3. The van der Waals surface area contributed by atoms with Gasteiger partial charge in [-0.25, -0.2) is 0 Å². The van der Waals surface area contributed by atoms with Gasteiger partial charge >= 0.3 is 0 Å². The highest BCUT2D eigenvalue weighted by atomic mass is 16.3. The molecular formula is C61H39NO2. The van der Waals surface area contributed by atoms with Crippen molar-refractivity contribution >= 4 is 60.9 Å². The summed E-state index contributed by atoms with van der Waals surface area (Å²) in [5.41, 5.74) is 18.1. The maximum absolute atomic E-state index is 6.81. The normalized spacial score (nSPS) is 12.8. The highest BCUT2D eigenvalue weighted by Gasteiger charge is 2.46. The predicted octanol–water partition coefficient (Wildman–Crippen LogP) is 16.7. The summed E-state index contributed by atoms with van der Waals surface area (Å²) in [7, 11) is 0. The summed E-state index contributed by atoms with van der Waals surface area (Å²) in [6, 6.07) is 85.2. The smallest absolute Gasteiger partial charge is 0.137 e. The Labute approximate surface area is 370 Å². The predicted molar refractivity (Wildman–Crippen MR) is 264 cm³/mol. The minimum atomic E-state index is -0.528. The molecule has 12 aromatic rings. The molecule has 0 bridgehead atoms. The van der Waals surface area contributed by atoms with E-state index in [0.29, 0.717) is 0 Å². The van der Waals surface area contributed by atoms with Gasteiger partial charge in [0.1, 0.15) is 22.3 Å². The van der Waals surface area contributed by atoms with Gasteiger partial charge in [-0.3, -0.25) is 0 Å². The monoisotopic (exact) mass is 817 g/mol. The van der Waals surface area contributed by atoms with E-state index in [1.54, 1.807) is 0 Å². The maximum Gasteiger partial charge on any atom is 0.137 e. The second-order valence-corrected chi connectivity index (χ2v) is 16.8. The molecule has 13 rings (SSSR count). The molecule has 1 aliphatic rings. The summed E-state index contributed by atoms with van der Waals surface area (Å²) < 4.78 is 13.4. The van der Waals surface area contributed by atoms with Gasteiger partial charge in [-0.1, -0.05) is 170 Å². The number of anilines is 3. The highest BCUT2D eigenvalue weighted by Crippen LogP contribution is 2.57. The number of hydrogen-bond acceptors (Lipinski definition) is 3. The van der Waals surface area contributed by atoms with Crippen LogP contribution in [0.25, 0.3) is 77.3 Å². The fourth-order valence-corrected chi connectivity index (χ4v) is 10.4. The van der Waals surface area contributed by atoms with E-state index in [0.717, 1.165) is 66.5 Å². The molecule has 3 nitrogen and oxygen atoms in total. The Morgan fingerprint density at radius 3 is 1.36 bits per heavy atom. The van der Waals surface area contributed by atoms with Crippen LogP contribution in [0.1, 0.15) is 22.3 Å². The first-order valence-electron chi connectivity index (χ1n) is 21.9. The van der Waals surface area contributed by atoms with Gasteiger partial charge in [0.25, 0.3) is 0 Å². The van der Waals surface area contributed by atoms with Crippen LogP contribution in [0.5, 0.6) is 0 Å². The molecule has 0 unspecified atom stereocenters. The molecule has 0 radical (unpaired) electrons. The first-order chi connectivity index (χ1) is 31.7. The average molecular weight is 818 g/mol. The van der Waals surface area contributed by atoms with Gasteiger partial charge in [0, 0.05) is 44.7 Å². The Bertz CT molecular complexity index is 3660. The molecule has 2 aromatic heterocycles. The van der Waals surface area contributed by atoms with E-state index in [-0.39, 0.29) is 0 Å². The lowest BCUT2D eigenvalue weighted by atomic mass is 9.67. The van der Waals surface area contributed by atoms with E-state index in [4.69, 9.17) is 8.83 Å². The van der Waals surface area contributed by atoms with Crippen molar-refractivity contribution in [2.45, 2.75) is 5.41 Å². The second-order valence-electron chi connectivity index (χ2n) is 16.8. The summed E-state index contributed by atoms with van der Waals surface area (Å²) in [5, 5.41) is 4.19. The van der Waals surface area contributed by atoms with E-state index < -0.39 is 5.41 Å². The van der Waals surface area contributed by atoms with Crippen molar-refractivity contribution in [1.82, 2.24) is 0 Å². The fraction of sp³-hybridized carbons (Fsp3) is 0.0164. The molecule has 64 heavy (non-hydrogen) atoms.